The number of Topliss-reactive ketones (excluding diaryl/α,β-unsaturated/α-hetero) is 1. The average molecular weight is 474 g/mol. The summed E-state index contributed by atoms with van der Waals surface area (Å²) in [5, 5.41) is 10.8. The van der Waals surface area contributed by atoms with Crippen molar-refractivity contribution in [3.05, 3.63) is 70.4 Å². The third-order valence-electron chi connectivity index (χ3n) is 6.01. The molecule has 0 saturated carbocycles. The fourth-order valence-electron chi connectivity index (χ4n) is 4.14. The van der Waals surface area contributed by atoms with Gasteiger partial charge in [0, 0.05) is 41.9 Å². The molecule has 0 aliphatic carbocycles. The number of benzene rings is 2. The summed E-state index contributed by atoms with van der Waals surface area (Å²) in [4.78, 5) is 19.9. The van der Waals surface area contributed by atoms with Crippen molar-refractivity contribution in [2.24, 2.45) is 0 Å². The number of carbonyl (C=O) groups is 1. The number of ether oxygens (including phenoxy) is 2. The Morgan fingerprint density at radius 3 is 2.62 bits per heavy atom. The van der Waals surface area contributed by atoms with Crippen LogP contribution in [0.1, 0.15) is 32.7 Å². The number of pyridine rings is 1. The highest BCUT2D eigenvalue weighted by Gasteiger charge is 2.27. The fraction of sp³-hybridized carbons (Fsp3) is 0.296. The highest BCUT2D eigenvalue weighted by atomic mass is 32.2. The van der Waals surface area contributed by atoms with E-state index in [0.29, 0.717) is 34.2 Å². The summed E-state index contributed by atoms with van der Waals surface area (Å²) in [6.45, 7) is 3.55. The minimum Gasteiger partial charge on any atom is -0.497 e. The maximum Gasteiger partial charge on any atom is 0.173 e. The highest BCUT2D eigenvalue weighted by molar-refractivity contribution is 8.00. The van der Waals surface area contributed by atoms with Gasteiger partial charge in [-0.1, -0.05) is 41.6 Å². The normalized spacial score (nSPS) is 13.1. The number of carbonyl (C=O) groups excluding carboxylic acids is 1. The molecule has 7 heteroatoms. The van der Waals surface area contributed by atoms with Gasteiger partial charge in [-0.15, -0.1) is 0 Å². The maximum atomic E-state index is 12.8. The van der Waals surface area contributed by atoms with E-state index in [2.05, 4.69) is 18.0 Å². The third kappa shape index (κ3) is 4.79. The minimum atomic E-state index is 0.00801. The lowest BCUT2D eigenvalue weighted by molar-refractivity contribution is 0.102. The number of nitrogens with zero attached hydrogens (tertiary/aromatic N) is 3. The average Bonchev–Trinajstić information content (AvgIpc) is 2.86. The fourth-order valence-corrected chi connectivity index (χ4v) is 5.04. The number of nitriles is 1. The Bertz CT molecular complexity index is 1270. The van der Waals surface area contributed by atoms with Crippen LogP contribution < -0.4 is 9.47 Å². The van der Waals surface area contributed by atoms with E-state index in [0.717, 1.165) is 40.9 Å². The molecule has 2 aromatic carbocycles. The number of methoxy groups -OCH3 is 2. The number of hydrogen-bond acceptors (Lipinski definition) is 7. The largest absolute Gasteiger partial charge is 0.497 e. The van der Waals surface area contributed by atoms with Crippen molar-refractivity contribution >= 4 is 17.5 Å². The van der Waals surface area contributed by atoms with E-state index in [1.54, 1.807) is 14.2 Å². The highest BCUT2D eigenvalue weighted by Crippen LogP contribution is 2.42. The molecular formula is C27H27N3O3S. The van der Waals surface area contributed by atoms with Crippen LogP contribution in [0.15, 0.2) is 47.5 Å². The van der Waals surface area contributed by atoms with Crippen molar-refractivity contribution in [3.8, 4) is 28.7 Å². The van der Waals surface area contributed by atoms with Crippen LogP contribution in [-0.4, -0.2) is 49.2 Å². The van der Waals surface area contributed by atoms with Crippen molar-refractivity contribution in [2.75, 3.05) is 33.6 Å². The van der Waals surface area contributed by atoms with E-state index in [1.165, 1.54) is 11.8 Å². The van der Waals surface area contributed by atoms with E-state index in [4.69, 9.17) is 14.5 Å². The molecule has 0 saturated heterocycles. The number of likely N-dealkylation sites (N-methyl/N-ethyl adjacent to an activating group) is 1. The summed E-state index contributed by atoms with van der Waals surface area (Å²) in [6, 6.07) is 15.5. The van der Waals surface area contributed by atoms with Gasteiger partial charge in [0.05, 0.1) is 25.5 Å². The third-order valence-corrected chi connectivity index (χ3v) is 6.99. The first-order valence-corrected chi connectivity index (χ1v) is 12.0. The van der Waals surface area contributed by atoms with E-state index < -0.39 is 0 Å². The summed E-state index contributed by atoms with van der Waals surface area (Å²) in [7, 11) is 5.29. The summed E-state index contributed by atoms with van der Waals surface area (Å²) >= 11 is 1.32. The molecule has 0 unspecified atom stereocenters. The van der Waals surface area contributed by atoms with Crippen molar-refractivity contribution < 1.29 is 14.3 Å². The zero-order valence-corrected chi connectivity index (χ0v) is 20.7. The summed E-state index contributed by atoms with van der Waals surface area (Å²) in [5.41, 5.74) is 5.80. The van der Waals surface area contributed by atoms with Gasteiger partial charge < -0.3 is 14.4 Å². The first kappa shape index (κ1) is 23.8. The second kappa shape index (κ2) is 10.3. The molecule has 0 N–H and O–H groups in total. The van der Waals surface area contributed by atoms with Gasteiger partial charge in [-0.3, -0.25) is 4.79 Å². The SMILES string of the molecule is COc1ccc(OC)c(-c2c(C#N)c(SCC(=O)c3ccc(C)cc3)nc3c2CN(C)CC3)c1. The van der Waals surface area contributed by atoms with Gasteiger partial charge in [-0.2, -0.15) is 5.26 Å². The molecule has 1 aliphatic rings. The molecule has 0 radical (unpaired) electrons. The Hall–Kier alpha value is -3.34. The molecule has 3 aromatic rings. The van der Waals surface area contributed by atoms with E-state index in [9.17, 15) is 10.1 Å². The second-order valence-electron chi connectivity index (χ2n) is 8.34. The van der Waals surface area contributed by atoms with Crippen molar-refractivity contribution in [2.45, 2.75) is 24.9 Å². The van der Waals surface area contributed by atoms with Crippen molar-refractivity contribution in [3.63, 3.8) is 0 Å². The lowest BCUT2D eigenvalue weighted by Crippen LogP contribution is -2.28. The molecule has 0 amide bonds. The predicted molar refractivity (Wildman–Crippen MR) is 134 cm³/mol. The number of aryl methyl sites for hydroxylation is 1. The smallest absolute Gasteiger partial charge is 0.173 e. The Balaban J connectivity index is 1.81. The van der Waals surface area contributed by atoms with Gasteiger partial charge >= 0.3 is 0 Å². The number of aromatic nitrogens is 1. The Kier molecular flexibility index (Phi) is 7.20. The van der Waals surface area contributed by atoms with Crippen LogP contribution in [0.4, 0.5) is 0 Å². The molecule has 1 aromatic heterocycles. The quantitative estimate of drug-likeness (QED) is 0.356. The number of rotatable bonds is 7. The number of ketones is 1. The molecule has 0 atom stereocenters. The van der Waals surface area contributed by atoms with Gasteiger partial charge in [0.1, 0.15) is 22.6 Å². The molecule has 4 rings (SSSR count). The minimum absolute atomic E-state index is 0.00801. The number of hydrogen-bond donors (Lipinski definition) is 0. The van der Waals surface area contributed by atoms with Crippen LogP contribution in [0.5, 0.6) is 11.5 Å². The Labute approximate surface area is 204 Å². The molecule has 174 valence electrons. The predicted octanol–water partition coefficient (Wildman–Crippen LogP) is 4.91. The van der Waals surface area contributed by atoms with E-state index >= 15 is 0 Å². The standard InChI is InChI=1S/C27H27N3O3S/c1-17-5-7-18(8-6-17)24(31)16-34-27-21(14-28)26(22-15-30(2)12-11-23(22)29-27)20-13-19(32-3)9-10-25(20)33-4/h5-10,13H,11-12,15-16H2,1-4H3. The van der Waals surface area contributed by atoms with E-state index in [1.807, 2.05) is 49.4 Å². The van der Waals surface area contributed by atoms with Crippen LogP contribution in [-0.2, 0) is 13.0 Å². The molecule has 1 aliphatic heterocycles. The van der Waals surface area contributed by atoms with Crippen LogP contribution in [0.3, 0.4) is 0 Å². The van der Waals surface area contributed by atoms with Gasteiger partial charge in [-0.05, 0) is 37.7 Å². The number of fused-ring (bicyclic) bond motifs is 1. The van der Waals surface area contributed by atoms with Crippen LogP contribution in [0, 0.1) is 18.3 Å². The number of thioether (sulfide) groups is 1. The zero-order valence-electron chi connectivity index (χ0n) is 19.8. The van der Waals surface area contributed by atoms with Gasteiger partial charge in [-0.25, -0.2) is 4.98 Å². The lowest BCUT2D eigenvalue weighted by atomic mass is 9.91. The van der Waals surface area contributed by atoms with Gasteiger partial charge in [0.2, 0.25) is 0 Å². The lowest BCUT2D eigenvalue weighted by Gasteiger charge is -2.28. The Morgan fingerprint density at radius 2 is 1.94 bits per heavy atom. The van der Waals surface area contributed by atoms with Gasteiger partial charge in [0.15, 0.2) is 5.78 Å². The maximum absolute atomic E-state index is 12.8. The molecule has 0 spiro atoms. The van der Waals surface area contributed by atoms with Crippen LogP contribution >= 0.6 is 11.8 Å². The zero-order chi connectivity index (χ0) is 24.2. The molecule has 0 bridgehead atoms. The first-order valence-electron chi connectivity index (χ1n) is 11.0. The molecular weight excluding hydrogens is 446 g/mol. The summed E-state index contributed by atoms with van der Waals surface area (Å²) < 4.78 is 11.1. The first-order chi connectivity index (χ1) is 16.4. The van der Waals surface area contributed by atoms with Crippen molar-refractivity contribution in [1.29, 1.82) is 5.26 Å². The topological polar surface area (TPSA) is 75.5 Å². The summed E-state index contributed by atoms with van der Waals surface area (Å²) in [5.74, 6) is 1.55. The Morgan fingerprint density at radius 1 is 1.18 bits per heavy atom. The van der Waals surface area contributed by atoms with Crippen LogP contribution in [0.25, 0.3) is 11.1 Å². The summed E-state index contributed by atoms with van der Waals surface area (Å²) in [6.07, 6.45) is 0.774. The monoisotopic (exact) mass is 473 g/mol. The second-order valence-corrected chi connectivity index (χ2v) is 9.30. The molecule has 34 heavy (non-hydrogen) atoms. The van der Waals surface area contributed by atoms with Gasteiger partial charge in [0.25, 0.3) is 0 Å². The molecule has 2 heterocycles. The molecule has 6 nitrogen and oxygen atoms in total. The van der Waals surface area contributed by atoms with Crippen molar-refractivity contribution in [1.82, 2.24) is 9.88 Å². The van der Waals surface area contributed by atoms with Crippen LogP contribution in [0.2, 0.25) is 0 Å². The van der Waals surface area contributed by atoms with E-state index in [-0.39, 0.29) is 11.5 Å². The molecule has 0 fully saturated rings.